The molecule has 3 unspecified atom stereocenters. The fourth-order valence-corrected chi connectivity index (χ4v) is 3.00. The van der Waals surface area contributed by atoms with E-state index in [0.29, 0.717) is 12.5 Å². The van der Waals surface area contributed by atoms with Gasteiger partial charge in [-0.1, -0.05) is 25.5 Å². The van der Waals surface area contributed by atoms with Gasteiger partial charge in [0.05, 0.1) is 12.0 Å². The Hall–Kier alpha value is -0.830. The molecule has 0 radical (unpaired) electrons. The number of hydrogen-bond acceptors (Lipinski definition) is 3. The number of carbonyl (C=O) groups excluding carboxylic acids is 1. The fraction of sp³-hybridized carbons (Fsp3) is 0.812. The van der Waals surface area contributed by atoms with Crippen molar-refractivity contribution in [3.8, 4) is 0 Å². The highest BCUT2D eigenvalue weighted by atomic mass is 16.6. The number of carbonyl (C=O) groups is 1. The molecule has 2 rings (SSSR count). The molecule has 1 aliphatic carbocycles. The van der Waals surface area contributed by atoms with Gasteiger partial charge in [-0.15, -0.1) is 0 Å². The van der Waals surface area contributed by atoms with Gasteiger partial charge in [0.2, 0.25) is 0 Å². The van der Waals surface area contributed by atoms with Crippen LogP contribution in [0.3, 0.4) is 0 Å². The molecule has 0 aromatic heterocycles. The second kappa shape index (κ2) is 5.66. The second-order valence-electron chi connectivity index (χ2n) is 6.69. The van der Waals surface area contributed by atoms with Crippen molar-refractivity contribution in [3.63, 3.8) is 0 Å². The number of rotatable bonds is 4. The molecule has 2 fully saturated rings. The van der Waals surface area contributed by atoms with Crippen molar-refractivity contribution in [2.24, 2.45) is 17.3 Å². The van der Waals surface area contributed by atoms with E-state index in [9.17, 15) is 4.79 Å². The SMILES string of the molecule is CC(C)=CC1C(C(=O)OCC2CCCCO2)C1(C)C. The molecule has 3 atom stereocenters. The van der Waals surface area contributed by atoms with Gasteiger partial charge in [-0.05, 0) is 44.4 Å². The Balaban J connectivity index is 1.82. The van der Waals surface area contributed by atoms with Crippen molar-refractivity contribution in [3.05, 3.63) is 11.6 Å². The maximum Gasteiger partial charge on any atom is 0.310 e. The average molecular weight is 266 g/mol. The lowest BCUT2D eigenvalue weighted by Gasteiger charge is -2.22. The Bertz CT molecular complexity index is 360. The van der Waals surface area contributed by atoms with Crippen LogP contribution in [0.15, 0.2) is 11.6 Å². The van der Waals surface area contributed by atoms with E-state index < -0.39 is 0 Å². The molecule has 0 amide bonds. The van der Waals surface area contributed by atoms with Crippen molar-refractivity contribution < 1.29 is 14.3 Å². The minimum absolute atomic E-state index is 0.0194. The zero-order chi connectivity index (χ0) is 14.0. The van der Waals surface area contributed by atoms with Crippen LogP contribution in [0.5, 0.6) is 0 Å². The minimum atomic E-state index is -0.0540. The highest BCUT2D eigenvalue weighted by Gasteiger charge is 2.61. The normalized spacial score (nSPS) is 32.5. The van der Waals surface area contributed by atoms with E-state index in [1.54, 1.807) is 0 Å². The molecule has 0 spiro atoms. The van der Waals surface area contributed by atoms with Crippen molar-refractivity contribution in [1.29, 1.82) is 0 Å². The summed E-state index contributed by atoms with van der Waals surface area (Å²) in [5.41, 5.74) is 1.31. The van der Waals surface area contributed by atoms with Gasteiger partial charge in [-0.25, -0.2) is 0 Å². The van der Waals surface area contributed by atoms with Crippen LogP contribution in [0, 0.1) is 17.3 Å². The largest absolute Gasteiger partial charge is 0.463 e. The van der Waals surface area contributed by atoms with Crippen molar-refractivity contribution >= 4 is 5.97 Å². The quantitative estimate of drug-likeness (QED) is 0.578. The third kappa shape index (κ3) is 3.38. The summed E-state index contributed by atoms with van der Waals surface area (Å²) in [6.45, 7) is 9.66. The van der Waals surface area contributed by atoms with Gasteiger partial charge < -0.3 is 9.47 Å². The predicted octanol–water partition coefficient (Wildman–Crippen LogP) is 3.34. The van der Waals surface area contributed by atoms with Gasteiger partial charge in [0.1, 0.15) is 6.61 Å². The molecule has 1 saturated heterocycles. The first-order chi connectivity index (χ1) is 8.93. The molecule has 3 heteroatoms. The van der Waals surface area contributed by atoms with E-state index in [4.69, 9.17) is 9.47 Å². The molecule has 0 N–H and O–H groups in total. The Morgan fingerprint density at radius 1 is 1.37 bits per heavy atom. The summed E-state index contributed by atoms with van der Waals surface area (Å²) in [5, 5.41) is 0. The molecule has 19 heavy (non-hydrogen) atoms. The van der Waals surface area contributed by atoms with Crippen LogP contribution in [0.25, 0.3) is 0 Å². The smallest absolute Gasteiger partial charge is 0.310 e. The summed E-state index contributed by atoms with van der Waals surface area (Å²) in [4.78, 5) is 12.1. The Kier molecular flexibility index (Phi) is 4.34. The average Bonchev–Trinajstić information content (AvgIpc) is 2.88. The van der Waals surface area contributed by atoms with E-state index >= 15 is 0 Å². The summed E-state index contributed by atoms with van der Waals surface area (Å²) in [7, 11) is 0. The van der Waals surface area contributed by atoms with Crippen molar-refractivity contribution in [1.82, 2.24) is 0 Å². The second-order valence-corrected chi connectivity index (χ2v) is 6.69. The van der Waals surface area contributed by atoms with Crippen LogP contribution >= 0.6 is 0 Å². The lowest BCUT2D eigenvalue weighted by Crippen LogP contribution is -2.26. The van der Waals surface area contributed by atoms with Crippen molar-refractivity contribution in [2.45, 2.75) is 53.1 Å². The summed E-state index contributed by atoms with van der Waals surface area (Å²) in [5.74, 6) is 0.296. The van der Waals surface area contributed by atoms with Crippen LogP contribution < -0.4 is 0 Å². The van der Waals surface area contributed by atoms with Gasteiger partial charge in [-0.3, -0.25) is 4.79 Å². The molecule has 3 nitrogen and oxygen atoms in total. The van der Waals surface area contributed by atoms with Gasteiger partial charge in [0.25, 0.3) is 0 Å². The third-order valence-corrected chi connectivity index (χ3v) is 4.36. The third-order valence-electron chi connectivity index (χ3n) is 4.36. The van der Waals surface area contributed by atoms with E-state index in [1.807, 2.05) is 0 Å². The van der Waals surface area contributed by atoms with Crippen LogP contribution in [0.4, 0.5) is 0 Å². The van der Waals surface area contributed by atoms with Crippen LogP contribution in [0.1, 0.15) is 47.0 Å². The van der Waals surface area contributed by atoms with E-state index in [1.165, 1.54) is 12.0 Å². The lowest BCUT2D eigenvalue weighted by molar-refractivity contribution is -0.151. The monoisotopic (exact) mass is 266 g/mol. The zero-order valence-corrected chi connectivity index (χ0v) is 12.6. The molecule has 0 bridgehead atoms. The zero-order valence-electron chi connectivity index (χ0n) is 12.6. The minimum Gasteiger partial charge on any atom is -0.463 e. The first-order valence-corrected chi connectivity index (χ1v) is 7.36. The van der Waals surface area contributed by atoms with Crippen LogP contribution in [-0.2, 0) is 14.3 Å². The number of esters is 1. The summed E-state index contributed by atoms with van der Waals surface area (Å²) in [6.07, 6.45) is 5.63. The predicted molar refractivity (Wildman–Crippen MR) is 74.7 cm³/mol. The Morgan fingerprint density at radius 2 is 2.11 bits per heavy atom. The summed E-state index contributed by atoms with van der Waals surface area (Å²) < 4.78 is 11.0. The highest BCUT2D eigenvalue weighted by molar-refractivity contribution is 5.78. The van der Waals surface area contributed by atoms with Gasteiger partial charge in [0.15, 0.2) is 0 Å². The Labute approximate surface area is 116 Å². The van der Waals surface area contributed by atoms with E-state index in [2.05, 4.69) is 33.8 Å². The van der Waals surface area contributed by atoms with Gasteiger partial charge in [0, 0.05) is 6.61 Å². The van der Waals surface area contributed by atoms with Gasteiger partial charge in [-0.2, -0.15) is 0 Å². The molecular formula is C16H26O3. The number of ether oxygens (including phenoxy) is 2. The summed E-state index contributed by atoms with van der Waals surface area (Å²) >= 11 is 0. The van der Waals surface area contributed by atoms with Crippen LogP contribution in [0.2, 0.25) is 0 Å². The van der Waals surface area contributed by atoms with Crippen LogP contribution in [-0.4, -0.2) is 25.3 Å². The first-order valence-electron chi connectivity index (χ1n) is 7.36. The Morgan fingerprint density at radius 3 is 2.68 bits per heavy atom. The lowest BCUT2D eigenvalue weighted by atomic mass is 10.1. The summed E-state index contributed by atoms with van der Waals surface area (Å²) in [6, 6.07) is 0. The molecule has 0 aromatic rings. The maximum absolute atomic E-state index is 12.1. The van der Waals surface area contributed by atoms with Gasteiger partial charge >= 0.3 is 5.97 Å². The number of allylic oxidation sites excluding steroid dienone is 2. The molecule has 1 heterocycles. The maximum atomic E-state index is 12.1. The highest BCUT2D eigenvalue weighted by Crippen LogP contribution is 2.59. The topological polar surface area (TPSA) is 35.5 Å². The number of hydrogen-bond donors (Lipinski definition) is 0. The van der Waals surface area contributed by atoms with E-state index in [0.717, 1.165) is 19.4 Å². The molecule has 108 valence electrons. The molecule has 0 aromatic carbocycles. The standard InChI is InChI=1S/C16H26O3/c1-11(2)9-13-14(16(13,3)4)15(17)19-10-12-7-5-6-8-18-12/h9,12-14H,5-8,10H2,1-4H3. The molecular weight excluding hydrogens is 240 g/mol. The molecule has 1 saturated carbocycles. The molecule has 1 aliphatic heterocycles. The first kappa shape index (κ1) is 14.6. The fourth-order valence-electron chi connectivity index (χ4n) is 3.00. The molecule has 2 aliphatic rings. The van der Waals surface area contributed by atoms with E-state index in [-0.39, 0.29) is 23.4 Å². The van der Waals surface area contributed by atoms with Crippen molar-refractivity contribution in [2.75, 3.05) is 13.2 Å².